The average Bonchev–Trinajstić information content (AvgIpc) is 2.37. The lowest BCUT2D eigenvalue weighted by molar-refractivity contribution is 0.0862. The van der Waals surface area contributed by atoms with Crippen molar-refractivity contribution >= 4 is 18.5 Å². The molecule has 1 aromatic rings. The van der Waals surface area contributed by atoms with E-state index in [9.17, 15) is 4.79 Å². The number of rotatable bonds is 2. The van der Waals surface area contributed by atoms with Gasteiger partial charge in [-0.2, -0.15) is 0 Å². The third kappa shape index (κ3) is 4.20. The van der Waals surface area contributed by atoms with E-state index < -0.39 is 0 Å². The Kier molecular flexibility index (Phi) is 5.95. The van der Waals surface area contributed by atoms with Crippen molar-refractivity contribution < 1.29 is 9.53 Å². The van der Waals surface area contributed by atoms with Crippen molar-refractivity contribution in [3.63, 3.8) is 0 Å². The highest BCUT2D eigenvalue weighted by Gasteiger charge is 2.21. The second kappa shape index (κ2) is 7.24. The molecule has 100 valence electrons. The highest BCUT2D eigenvalue weighted by molar-refractivity contribution is 5.85. The molecule has 1 unspecified atom stereocenters. The lowest BCUT2D eigenvalue weighted by Gasteiger charge is -2.31. The van der Waals surface area contributed by atoms with Crippen LogP contribution in [0.1, 0.15) is 12.5 Å². The number of carbonyl (C=O) groups excluding carboxylic acids is 1. The Labute approximate surface area is 114 Å². The van der Waals surface area contributed by atoms with E-state index in [4.69, 9.17) is 4.74 Å². The van der Waals surface area contributed by atoms with Gasteiger partial charge in [0.1, 0.15) is 6.61 Å². The molecular formula is C13H19ClN2O2. The summed E-state index contributed by atoms with van der Waals surface area (Å²) in [6.45, 7) is 4.68. The normalized spacial score (nSPS) is 18.9. The van der Waals surface area contributed by atoms with Gasteiger partial charge in [-0.15, -0.1) is 12.4 Å². The number of hydrogen-bond acceptors (Lipinski definition) is 3. The molecule has 1 fully saturated rings. The summed E-state index contributed by atoms with van der Waals surface area (Å²) >= 11 is 0. The van der Waals surface area contributed by atoms with Gasteiger partial charge in [0, 0.05) is 25.7 Å². The number of benzene rings is 1. The van der Waals surface area contributed by atoms with Crippen molar-refractivity contribution in [2.24, 2.45) is 0 Å². The molecule has 0 aliphatic carbocycles. The van der Waals surface area contributed by atoms with E-state index in [0.29, 0.717) is 19.2 Å². The fraction of sp³-hybridized carbons (Fsp3) is 0.462. The minimum atomic E-state index is -0.220. The second-order valence-electron chi connectivity index (χ2n) is 4.34. The van der Waals surface area contributed by atoms with E-state index in [0.717, 1.165) is 18.7 Å². The first-order valence-corrected chi connectivity index (χ1v) is 5.95. The predicted molar refractivity (Wildman–Crippen MR) is 72.9 cm³/mol. The van der Waals surface area contributed by atoms with Gasteiger partial charge in [-0.05, 0) is 12.5 Å². The number of piperazine rings is 1. The first-order valence-electron chi connectivity index (χ1n) is 5.95. The number of ether oxygens (including phenoxy) is 1. The van der Waals surface area contributed by atoms with Crippen LogP contribution >= 0.6 is 12.4 Å². The lowest BCUT2D eigenvalue weighted by Crippen LogP contribution is -2.51. The molecule has 0 bridgehead atoms. The third-order valence-corrected chi connectivity index (χ3v) is 2.83. The summed E-state index contributed by atoms with van der Waals surface area (Å²) < 4.78 is 5.28. The molecule has 5 heteroatoms. The van der Waals surface area contributed by atoms with Crippen LogP contribution in [0.5, 0.6) is 0 Å². The van der Waals surface area contributed by atoms with Crippen LogP contribution in [0.25, 0.3) is 0 Å². The Morgan fingerprint density at radius 2 is 2.17 bits per heavy atom. The van der Waals surface area contributed by atoms with Gasteiger partial charge in [0.25, 0.3) is 0 Å². The molecule has 2 rings (SSSR count). The van der Waals surface area contributed by atoms with Crippen LogP contribution < -0.4 is 5.32 Å². The number of nitrogens with one attached hydrogen (secondary N) is 1. The lowest BCUT2D eigenvalue weighted by atomic mass is 10.2. The van der Waals surface area contributed by atoms with Crippen molar-refractivity contribution in [1.29, 1.82) is 0 Å². The van der Waals surface area contributed by atoms with Gasteiger partial charge in [0.15, 0.2) is 0 Å². The summed E-state index contributed by atoms with van der Waals surface area (Å²) in [4.78, 5) is 13.5. The van der Waals surface area contributed by atoms with E-state index in [2.05, 4.69) is 12.2 Å². The summed E-state index contributed by atoms with van der Waals surface area (Å²) in [6.07, 6.45) is -0.220. The second-order valence-corrected chi connectivity index (χ2v) is 4.34. The Morgan fingerprint density at radius 3 is 2.83 bits per heavy atom. The molecule has 0 saturated carbocycles. The SMILES string of the molecule is CC1CN(C(=O)OCc2ccccc2)CCN1.Cl. The zero-order valence-corrected chi connectivity index (χ0v) is 11.3. The van der Waals surface area contributed by atoms with Crippen LogP contribution in [0.15, 0.2) is 30.3 Å². The van der Waals surface area contributed by atoms with Crippen LogP contribution in [0.2, 0.25) is 0 Å². The monoisotopic (exact) mass is 270 g/mol. The summed E-state index contributed by atoms with van der Waals surface area (Å²) in [6, 6.07) is 10.1. The molecule has 1 atom stereocenters. The maximum atomic E-state index is 11.8. The molecule has 0 radical (unpaired) electrons. The van der Waals surface area contributed by atoms with E-state index in [-0.39, 0.29) is 18.5 Å². The zero-order valence-electron chi connectivity index (χ0n) is 10.5. The van der Waals surface area contributed by atoms with Crippen molar-refractivity contribution in [2.45, 2.75) is 19.6 Å². The van der Waals surface area contributed by atoms with Gasteiger partial charge in [0.05, 0.1) is 0 Å². The molecule has 1 aliphatic rings. The van der Waals surface area contributed by atoms with Crippen LogP contribution in [-0.4, -0.2) is 36.7 Å². The Hall–Kier alpha value is -1.26. The first kappa shape index (κ1) is 14.8. The van der Waals surface area contributed by atoms with Gasteiger partial charge in [-0.1, -0.05) is 30.3 Å². The fourth-order valence-electron chi connectivity index (χ4n) is 1.91. The van der Waals surface area contributed by atoms with Gasteiger partial charge in [-0.3, -0.25) is 0 Å². The molecule has 1 N–H and O–H groups in total. The quantitative estimate of drug-likeness (QED) is 0.894. The van der Waals surface area contributed by atoms with Crippen molar-refractivity contribution in [3.05, 3.63) is 35.9 Å². The Bertz CT molecular complexity index is 373. The number of amides is 1. The van der Waals surface area contributed by atoms with Gasteiger partial charge >= 0.3 is 6.09 Å². The number of hydrogen-bond donors (Lipinski definition) is 1. The van der Waals surface area contributed by atoms with E-state index >= 15 is 0 Å². The van der Waals surface area contributed by atoms with E-state index in [1.54, 1.807) is 4.90 Å². The van der Waals surface area contributed by atoms with Crippen molar-refractivity contribution in [1.82, 2.24) is 10.2 Å². The standard InChI is InChI=1S/C13H18N2O2.ClH/c1-11-9-15(8-7-14-11)13(16)17-10-12-5-3-2-4-6-12;/h2-6,11,14H,7-10H2,1H3;1H. The van der Waals surface area contributed by atoms with Gasteiger partial charge in [0.2, 0.25) is 0 Å². The van der Waals surface area contributed by atoms with Crippen LogP contribution in [-0.2, 0) is 11.3 Å². The minimum Gasteiger partial charge on any atom is -0.445 e. The number of nitrogens with zero attached hydrogens (tertiary/aromatic N) is 1. The molecule has 1 heterocycles. The fourth-order valence-corrected chi connectivity index (χ4v) is 1.91. The molecule has 1 amide bonds. The number of halogens is 1. The molecular weight excluding hydrogens is 252 g/mol. The molecule has 0 aromatic heterocycles. The highest BCUT2D eigenvalue weighted by atomic mass is 35.5. The van der Waals surface area contributed by atoms with Crippen LogP contribution in [0.4, 0.5) is 4.79 Å². The largest absolute Gasteiger partial charge is 0.445 e. The molecule has 1 aliphatic heterocycles. The van der Waals surface area contributed by atoms with Crippen LogP contribution in [0, 0.1) is 0 Å². The zero-order chi connectivity index (χ0) is 12.1. The topological polar surface area (TPSA) is 41.6 Å². The van der Waals surface area contributed by atoms with E-state index in [1.165, 1.54) is 0 Å². The minimum absolute atomic E-state index is 0. The summed E-state index contributed by atoms with van der Waals surface area (Å²) in [5, 5.41) is 3.29. The molecule has 0 spiro atoms. The van der Waals surface area contributed by atoms with Crippen molar-refractivity contribution in [2.75, 3.05) is 19.6 Å². The molecule has 1 aromatic carbocycles. The Morgan fingerprint density at radius 1 is 1.44 bits per heavy atom. The summed E-state index contributed by atoms with van der Waals surface area (Å²) in [7, 11) is 0. The van der Waals surface area contributed by atoms with Gasteiger partial charge in [-0.25, -0.2) is 4.79 Å². The number of carbonyl (C=O) groups is 1. The maximum absolute atomic E-state index is 11.8. The van der Waals surface area contributed by atoms with Crippen molar-refractivity contribution in [3.8, 4) is 0 Å². The van der Waals surface area contributed by atoms with Gasteiger partial charge < -0.3 is 15.0 Å². The average molecular weight is 271 g/mol. The maximum Gasteiger partial charge on any atom is 0.410 e. The van der Waals surface area contributed by atoms with Crippen LogP contribution in [0.3, 0.4) is 0 Å². The highest BCUT2D eigenvalue weighted by Crippen LogP contribution is 2.05. The first-order chi connectivity index (χ1) is 8.25. The third-order valence-electron chi connectivity index (χ3n) is 2.83. The summed E-state index contributed by atoms with van der Waals surface area (Å²) in [5.41, 5.74) is 1.02. The Balaban J connectivity index is 0.00000162. The molecule has 4 nitrogen and oxygen atoms in total. The van der Waals surface area contributed by atoms with E-state index in [1.807, 2.05) is 30.3 Å². The molecule has 18 heavy (non-hydrogen) atoms. The summed E-state index contributed by atoms with van der Waals surface area (Å²) in [5.74, 6) is 0. The smallest absolute Gasteiger partial charge is 0.410 e. The predicted octanol–water partition coefficient (Wildman–Crippen LogP) is 2.04. The molecule has 1 saturated heterocycles.